The molecular formula is C10H16N2O. The van der Waals surface area contributed by atoms with Crippen LogP contribution in [-0.2, 0) is 0 Å². The SMILES string of the molecule is CC(C)Oc1ncccc1C(C)N. The molecule has 1 aromatic heterocycles. The highest BCUT2D eigenvalue weighted by molar-refractivity contribution is 5.28. The van der Waals surface area contributed by atoms with E-state index < -0.39 is 0 Å². The third-order valence-corrected chi connectivity index (χ3v) is 1.64. The molecule has 0 aromatic carbocycles. The largest absolute Gasteiger partial charge is 0.475 e. The highest BCUT2D eigenvalue weighted by Gasteiger charge is 2.09. The molecule has 1 aromatic rings. The zero-order valence-electron chi connectivity index (χ0n) is 8.32. The Labute approximate surface area is 78.9 Å². The molecule has 3 heteroatoms. The topological polar surface area (TPSA) is 48.1 Å². The monoisotopic (exact) mass is 180 g/mol. The Bertz CT molecular complexity index is 271. The molecule has 0 fully saturated rings. The Kier molecular flexibility index (Phi) is 3.25. The maximum Gasteiger partial charge on any atom is 0.218 e. The number of ether oxygens (including phenoxy) is 1. The number of nitrogens with two attached hydrogens (primary N) is 1. The molecule has 1 unspecified atom stereocenters. The molecule has 0 saturated heterocycles. The lowest BCUT2D eigenvalue weighted by atomic mass is 10.1. The summed E-state index contributed by atoms with van der Waals surface area (Å²) in [5.41, 5.74) is 6.73. The lowest BCUT2D eigenvalue weighted by Gasteiger charge is -2.14. The van der Waals surface area contributed by atoms with Crippen LogP contribution in [0.5, 0.6) is 5.88 Å². The van der Waals surface area contributed by atoms with Crippen LogP contribution in [0.15, 0.2) is 18.3 Å². The van der Waals surface area contributed by atoms with Gasteiger partial charge in [0.25, 0.3) is 0 Å². The molecule has 0 radical (unpaired) electrons. The Balaban J connectivity index is 2.91. The van der Waals surface area contributed by atoms with E-state index >= 15 is 0 Å². The smallest absolute Gasteiger partial charge is 0.218 e. The van der Waals surface area contributed by atoms with E-state index in [0.29, 0.717) is 5.88 Å². The highest BCUT2D eigenvalue weighted by atomic mass is 16.5. The summed E-state index contributed by atoms with van der Waals surface area (Å²) >= 11 is 0. The van der Waals surface area contributed by atoms with E-state index in [0.717, 1.165) is 5.56 Å². The molecule has 1 heterocycles. The van der Waals surface area contributed by atoms with Crippen LogP contribution in [0.1, 0.15) is 32.4 Å². The first-order valence-corrected chi connectivity index (χ1v) is 4.48. The molecule has 1 atom stereocenters. The van der Waals surface area contributed by atoms with Gasteiger partial charge in [-0.3, -0.25) is 0 Å². The molecule has 1 rings (SSSR count). The minimum atomic E-state index is -0.0394. The van der Waals surface area contributed by atoms with Gasteiger partial charge in [-0.25, -0.2) is 4.98 Å². The van der Waals surface area contributed by atoms with E-state index in [9.17, 15) is 0 Å². The van der Waals surface area contributed by atoms with Crippen molar-refractivity contribution in [2.75, 3.05) is 0 Å². The van der Waals surface area contributed by atoms with Crippen LogP contribution in [-0.4, -0.2) is 11.1 Å². The minimum absolute atomic E-state index is 0.0394. The van der Waals surface area contributed by atoms with Crippen LogP contribution in [0.3, 0.4) is 0 Å². The standard InChI is InChI=1S/C10H16N2O/c1-7(2)13-10-9(8(3)11)5-4-6-12-10/h4-8H,11H2,1-3H3. The van der Waals surface area contributed by atoms with Crippen molar-refractivity contribution < 1.29 is 4.74 Å². The van der Waals surface area contributed by atoms with Gasteiger partial charge in [-0.1, -0.05) is 6.07 Å². The summed E-state index contributed by atoms with van der Waals surface area (Å²) in [6.45, 7) is 5.86. The van der Waals surface area contributed by atoms with Gasteiger partial charge in [0.1, 0.15) is 0 Å². The summed E-state index contributed by atoms with van der Waals surface area (Å²) in [5.74, 6) is 0.646. The second-order valence-corrected chi connectivity index (χ2v) is 3.35. The number of aromatic nitrogens is 1. The van der Waals surface area contributed by atoms with E-state index in [1.54, 1.807) is 6.20 Å². The maximum atomic E-state index is 5.77. The zero-order chi connectivity index (χ0) is 9.84. The van der Waals surface area contributed by atoms with Gasteiger partial charge in [0.05, 0.1) is 6.10 Å². The van der Waals surface area contributed by atoms with E-state index in [1.807, 2.05) is 32.9 Å². The second kappa shape index (κ2) is 4.23. The van der Waals surface area contributed by atoms with Crippen molar-refractivity contribution in [3.63, 3.8) is 0 Å². The van der Waals surface area contributed by atoms with Crippen molar-refractivity contribution in [3.05, 3.63) is 23.9 Å². The molecule has 0 aliphatic carbocycles. The number of pyridine rings is 1. The quantitative estimate of drug-likeness (QED) is 0.772. The molecule has 72 valence electrons. The van der Waals surface area contributed by atoms with Crippen LogP contribution in [0, 0.1) is 0 Å². The van der Waals surface area contributed by atoms with E-state index in [1.165, 1.54) is 0 Å². The van der Waals surface area contributed by atoms with Crippen LogP contribution < -0.4 is 10.5 Å². The van der Waals surface area contributed by atoms with Gasteiger partial charge in [-0.05, 0) is 26.8 Å². The van der Waals surface area contributed by atoms with Gasteiger partial charge >= 0.3 is 0 Å². The molecule has 0 saturated carbocycles. The molecule has 13 heavy (non-hydrogen) atoms. The van der Waals surface area contributed by atoms with Crippen LogP contribution in [0.25, 0.3) is 0 Å². The summed E-state index contributed by atoms with van der Waals surface area (Å²) in [7, 11) is 0. The molecule has 0 aliphatic rings. The van der Waals surface area contributed by atoms with Gasteiger partial charge in [0.15, 0.2) is 0 Å². The molecule has 0 amide bonds. The fourth-order valence-electron chi connectivity index (χ4n) is 1.07. The van der Waals surface area contributed by atoms with Crippen molar-refractivity contribution in [1.82, 2.24) is 4.98 Å². The number of hydrogen-bond donors (Lipinski definition) is 1. The average Bonchev–Trinajstić information content (AvgIpc) is 2.03. The van der Waals surface area contributed by atoms with E-state index in [2.05, 4.69) is 4.98 Å². The molecule has 3 nitrogen and oxygen atoms in total. The van der Waals surface area contributed by atoms with Gasteiger partial charge < -0.3 is 10.5 Å². The Morgan fingerprint density at radius 1 is 1.38 bits per heavy atom. The molecule has 0 spiro atoms. The van der Waals surface area contributed by atoms with Crippen molar-refractivity contribution in [2.45, 2.75) is 32.9 Å². The van der Waals surface area contributed by atoms with E-state index in [-0.39, 0.29) is 12.1 Å². The first-order valence-electron chi connectivity index (χ1n) is 4.48. The van der Waals surface area contributed by atoms with Gasteiger partial charge in [-0.2, -0.15) is 0 Å². The normalized spacial score (nSPS) is 13.0. The lowest BCUT2D eigenvalue weighted by molar-refractivity contribution is 0.229. The van der Waals surface area contributed by atoms with Crippen molar-refractivity contribution in [3.8, 4) is 5.88 Å². The molecule has 2 N–H and O–H groups in total. The summed E-state index contributed by atoms with van der Waals surface area (Å²) in [4.78, 5) is 4.14. The summed E-state index contributed by atoms with van der Waals surface area (Å²) < 4.78 is 5.52. The van der Waals surface area contributed by atoms with Gasteiger partial charge in [0, 0.05) is 17.8 Å². The van der Waals surface area contributed by atoms with E-state index in [4.69, 9.17) is 10.5 Å². The van der Waals surface area contributed by atoms with Crippen LogP contribution in [0.2, 0.25) is 0 Å². The fraction of sp³-hybridized carbons (Fsp3) is 0.500. The van der Waals surface area contributed by atoms with Crippen molar-refractivity contribution >= 4 is 0 Å². The second-order valence-electron chi connectivity index (χ2n) is 3.35. The predicted octanol–water partition coefficient (Wildman–Crippen LogP) is 1.89. The Hall–Kier alpha value is -1.09. The maximum absolute atomic E-state index is 5.77. The van der Waals surface area contributed by atoms with Gasteiger partial charge in [-0.15, -0.1) is 0 Å². The average molecular weight is 180 g/mol. The summed E-state index contributed by atoms with van der Waals surface area (Å²) in [6.07, 6.45) is 1.84. The van der Waals surface area contributed by atoms with Crippen molar-refractivity contribution in [2.24, 2.45) is 5.73 Å². The lowest BCUT2D eigenvalue weighted by Crippen LogP contribution is -2.13. The third kappa shape index (κ3) is 2.70. The number of hydrogen-bond acceptors (Lipinski definition) is 3. The summed E-state index contributed by atoms with van der Waals surface area (Å²) in [5, 5.41) is 0. The predicted molar refractivity (Wildman–Crippen MR) is 52.6 cm³/mol. The molecular weight excluding hydrogens is 164 g/mol. The minimum Gasteiger partial charge on any atom is -0.475 e. The van der Waals surface area contributed by atoms with Crippen LogP contribution in [0.4, 0.5) is 0 Å². The fourth-order valence-corrected chi connectivity index (χ4v) is 1.07. The molecule has 0 aliphatic heterocycles. The van der Waals surface area contributed by atoms with Gasteiger partial charge in [0.2, 0.25) is 5.88 Å². The highest BCUT2D eigenvalue weighted by Crippen LogP contribution is 2.20. The number of nitrogens with zero attached hydrogens (tertiary/aromatic N) is 1. The van der Waals surface area contributed by atoms with Crippen molar-refractivity contribution in [1.29, 1.82) is 0 Å². The zero-order valence-corrected chi connectivity index (χ0v) is 8.32. The Morgan fingerprint density at radius 2 is 2.08 bits per heavy atom. The Morgan fingerprint density at radius 3 is 2.62 bits per heavy atom. The van der Waals surface area contributed by atoms with Crippen LogP contribution >= 0.6 is 0 Å². The first kappa shape index (κ1) is 9.99. The number of rotatable bonds is 3. The molecule has 0 bridgehead atoms. The summed E-state index contributed by atoms with van der Waals surface area (Å²) in [6, 6.07) is 3.77. The third-order valence-electron chi connectivity index (χ3n) is 1.64. The first-order chi connectivity index (χ1) is 6.11.